The molecule has 1 aromatic rings. The zero-order valence-corrected chi connectivity index (χ0v) is 12.8. The maximum absolute atomic E-state index is 6.14. The van der Waals surface area contributed by atoms with Crippen molar-refractivity contribution in [3.63, 3.8) is 0 Å². The van der Waals surface area contributed by atoms with Crippen LogP contribution in [0.2, 0.25) is 5.02 Å². The largest absolute Gasteiger partial charge is 0.381 e. The van der Waals surface area contributed by atoms with E-state index in [4.69, 9.17) is 16.3 Å². The zero-order chi connectivity index (χ0) is 13.5. The Kier molecular flexibility index (Phi) is 6.44. The zero-order valence-electron chi connectivity index (χ0n) is 11.3. The molecule has 3 nitrogen and oxygen atoms in total. The first-order chi connectivity index (χ1) is 9.31. The molecule has 0 amide bonds. The molecule has 5 heteroatoms. The number of pyridine rings is 1. The summed E-state index contributed by atoms with van der Waals surface area (Å²) in [6, 6.07) is 4.24. The molecular formula is C14H21ClN2OS. The molecule has 1 N–H and O–H groups in total. The van der Waals surface area contributed by atoms with E-state index in [9.17, 15) is 0 Å². The van der Waals surface area contributed by atoms with Crippen molar-refractivity contribution in [2.75, 3.05) is 25.5 Å². The quantitative estimate of drug-likeness (QED) is 0.784. The Balaban J connectivity index is 1.90. The predicted molar refractivity (Wildman–Crippen MR) is 81.0 cm³/mol. The van der Waals surface area contributed by atoms with E-state index < -0.39 is 0 Å². The Hall–Kier alpha value is -0.290. The predicted octanol–water partition coefficient (Wildman–Crippen LogP) is 3.23. The first-order valence-corrected chi connectivity index (χ1v) is 8.22. The second kappa shape index (κ2) is 8.10. The summed E-state index contributed by atoms with van der Waals surface area (Å²) in [5, 5.41) is 5.29. The van der Waals surface area contributed by atoms with Gasteiger partial charge in [0.2, 0.25) is 0 Å². The van der Waals surface area contributed by atoms with Gasteiger partial charge in [-0.2, -0.15) is 0 Å². The van der Waals surface area contributed by atoms with Crippen LogP contribution >= 0.6 is 23.4 Å². The molecule has 1 fully saturated rings. The lowest BCUT2D eigenvalue weighted by atomic mass is 10.0. The Morgan fingerprint density at radius 3 is 3.21 bits per heavy atom. The fourth-order valence-corrected chi connectivity index (χ4v) is 3.56. The summed E-state index contributed by atoms with van der Waals surface area (Å²) in [5.41, 5.74) is 0. The van der Waals surface area contributed by atoms with Crippen LogP contribution in [0.25, 0.3) is 0 Å². The molecule has 0 aliphatic carbocycles. The Labute approximate surface area is 124 Å². The number of hydrogen-bond donors (Lipinski definition) is 1. The van der Waals surface area contributed by atoms with Crippen molar-refractivity contribution in [3.05, 3.63) is 23.4 Å². The van der Waals surface area contributed by atoms with E-state index in [1.807, 2.05) is 12.1 Å². The molecule has 1 aliphatic heterocycles. The molecule has 2 atom stereocenters. The van der Waals surface area contributed by atoms with Gasteiger partial charge in [-0.15, -0.1) is 11.8 Å². The lowest BCUT2D eigenvalue weighted by Crippen LogP contribution is -2.39. The van der Waals surface area contributed by atoms with Crippen molar-refractivity contribution in [2.24, 2.45) is 5.92 Å². The van der Waals surface area contributed by atoms with Gasteiger partial charge in [0.15, 0.2) is 0 Å². The third-order valence-electron chi connectivity index (χ3n) is 3.31. The minimum atomic E-state index is 0.477. The molecule has 0 radical (unpaired) electrons. The van der Waals surface area contributed by atoms with Gasteiger partial charge >= 0.3 is 0 Å². The number of hydrogen-bond acceptors (Lipinski definition) is 4. The van der Waals surface area contributed by atoms with E-state index in [0.29, 0.717) is 12.0 Å². The Morgan fingerprint density at radius 1 is 1.63 bits per heavy atom. The van der Waals surface area contributed by atoms with E-state index in [0.717, 1.165) is 48.4 Å². The third kappa shape index (κ3) is 4.63. The first kappa shape index (κ1) is 15.1. The van der Waals surface area contributed by atoms with Crippen LogP contribution in [0.5, 0.6) is 0 Å². The second-order valence-electron chi connectivity index (χ2n) is 4.79. The lowest BCUT2D eigenvalue weighted by Gasteiger charge is -2.23. The fraction of sp³-hybridized carbons (Fsp3) is 0.643. The van der Waals surface area contributed by atoms with Crippen LogP contribution in [0.3, 0.4) is 0 Å². The van der Waals surface area contributed by atoms with E-state index in [-0.39, 0.29) is 0 Å². The lowest BCUT2D eigenvalue weighted by molar-refractivity contribution is 0.179. The first-order valence-electron chi connectivity index (χ1n) is 6.85. The number of halogens is 1. The smallest absolute Gasteiger partial charge is 0.115 e. The highest BCUT2D eigenvalue weighted by Crippen LogP contribution is 2.27. The van der Waals surface area contributed by atoms with Gasteiger partial charge in [-0.1, -0.05) is 18.5 Å². The summed E-state index contributed by atoms with van der Waals surface area (Å²) in [6.07, 6.45) is 4.10. The molecule has 19 heavy (non-hydrogen) atoms. The summed E-state index contributed by atoms with van der Waals surface area (Å²) >= 11 is 7.87. The fourth-order valence-electron chi connectivity index (χ4n) is 2.21. The van der Waals surface area contributed by atoms with Crippen molar-refractivity contribution in [2.45, 2.75) is 30.8 Å². The summed E-state index contributed by atoms with van der Waals surface area (Å²) in [7, 11) is 0. The van der Waals surface area contributed by atoms with Gasteiger partial charge in [0.05, 0.1) is 11.6 Å². The highest BCUT2D eigenvalue weighted by atomic mass is 35.5. The molecule has 106 valence electrons. The number of nitrogens with zero attached hydrogens (tertiary/aromatic N) is 1. The molecule has 2 rings (SSSR count). The Bertz CT molecular complexity index is 385. The van der Waals surface area contributed by atoms with Gasteiger partial charge in [-0.25, -0.2) is 4.98 Å². The molecule has 1 aromatic heterocycles. The highest BCUT2D eigenvalue weighted by Gasteiger charge is 2.25. The van der Waals surface area contributed by atoms with Gasteiger partial charge in [0.1, 0.15) is 5.03 Å². The summed E-state index contributed by atoms with van der Waals surface area (Å²) in [4.78, 5) is 4.33. The number of ether oxygens (including phenoxy) is 1. The van der Waals surface area contributed by atoms with Crippen LogP contribution < -0.4 is 5.32 Å². The van der Waals surface area contributed by atoms with E-state index in [2.05, 4.69) is 17.2 Å². The average molecular weight is 301 g/mol. The van der Waals surface area contributed by atoms with Crippen LogP contribution in [0.15, 0.2) is 23.4 Å². The second-order valence-corrected chi connectivity index (χ2v) is 6.20. The molecule has 0 saturated carbocycles. The van der Waals surface area contributed by atoms with Gasteiger partial charge in [0.25, 0.3) is 0 Å². The standard InChI is InChI=1S/C14H21ClN2OS/c1-2-6-16-13(11-5-8-18-9-11)10-19-14-12(15)4-3-7-17-14/h3-4,7,11,13,16H,2,5-6,8-10H2,1H3. The van der Waals surface area contributed by atoms with Gasteiger partial charge in [-0.3, -0.25) is 0 Å². The average Bonchev–Trinajstić information content (AvgIpc) is 2.94. The van der Waals surface area contributed by atoms with Gasteiger partial charge in [0, 0.05) is 30.5 Å². The molecule has 0 bridgehead atoms. The minimum absolute atomic E-state index is 0.477. The molecular weight excluding hydrogens is 280 g/mol. The van der Waals surface area contributed by atoms with Crippen molar-refractivity contribution in [1.82, 2.24) is 10.3 Å². The summed E-state index contributed by atoms with van der Waals surface area (Å²) in [5.74, 6) is 1.60. The molecule has 1 saturated heterocycles. The summed E-state index contributed by atoms with van der Waals surface area (Å²) in [6.45, 7) is 5.01. The molecule has 2 heterocycles. The highest BCUT2D eigenvalue weighted by molar-refractivity contribution is 7.99. The molecule has 0 spiro atoms. The van der Waals surface area contributed by atoms with Crippen molar-refractivity contribution < 1.29 is 4.74 Å². The molecule has 1 aliphatic rings. The number of thioether (sulfide) groups is 1. The minimum Gasteiger partial charge on any atom is -0.381 e. The van der Waals surface area contributed by atoms with Gasteiger partial charge in [-0.05, 0) is 31.5 Å². The van der Waals surface area contributed by atoms with E-state index in [1.54, 1.807) is 18.0 Å². The SMILES string of the molecule is CCCNC(CSc1ncccc1Cl)C1CCOC1. The van der Waals surface area contributed by atoms with Crippen LogP contribution in [0, 0.1) is 5.92 Å². The monoisotopic (exact) mass is 300 g/mol. The molecule has 0 aromatic carbocycles. The topological polar surface area (TPSA) is 34.2 Å². The van der Waals surface area contributed by atoms with Crippen molar-refractivity contribution in [1.29, 1.82) is 0 Å². The van der Waals surface area contributed by atoms with Crippen LogP contribution in [-0.4, -0.2) is 36.5 Å². The van der Waals surface area contributed by atoms with Gasteiger partial charge < -0.3 is 10.1 Å². The van der Waals surface area contributed by atoms with E-state index in [1.165, 1.54) is 0 Å². The molecule has 2 unspecified atom stereocenters. The Morgan fingerprint density at radius 2 is 2.53 bits per heavy atom. The van der Waals surface area contributed by atoms with Crippen molar-refractivity contribution >= 4 is 23.4 Å². The van der Waals surface area contributed by atoms with Crippen LogP contribution in [0.1, 0.15) is 19.8 Å². The summed E-state index contributed by atoms with van der Waals surface area (Å²) < 4.78 is 5.50. The van der Waals surface area contributed by atoms with Crippen LogP contribution in [-0.2, 0) is 4.74 Å². The maximum atomic E-state index is 6.14. The number of nitrogens with one attached hydrogen (secondary N) is 1. The van der Waals surface area contributed by atoms with Crippen LogP contribution in [0.4, 0.5) is 0 Å². The normalized spacial score (nSPS) is 20.6. The van der Waals surface area contributed by atoms with E-state index >= 15 is 0 Å². The third-order valence-corrected chi connectivity index (χ3v) is 4.86. The number of rotatable bonds is 7. The number of aromatic nitrogens is 1. The maximum Gasteiger partial charge on any atom is 0.115 e. The van der Waals surface area contributed by atoms with Crippen molar-refractivity contribution in [3.8, 4) is 0 Å².